The first-order valence-electron chi connectivity index (χ1n) is 9.65. The third kappa shape index (κ3) is 3.00. The SMILES string of the molecule is CCOc1cc(C2C3=C(CCCC3=O)Nc3nc(-c4cccs4)nn32)ccc1O. The Morgan fingerprint density at radius 1 is 1.34 bits per heavy atom. The van der Waals surface area contributed by atoms with Gasteiger partial charge in [0.15, 0.2) is 23.1 Å². The number of aromatic hydroxyl groups is 1. The molecule has 1 aromatic carbocycles. The van der Waals surface area contributed by atoms with E-state index in [0.717, 1.165) is 34.6 Å². The molecule has 1 unspecified atom stereocenters. The molecule has 7 nitrogen and oxygen atoms in total. The van der Waals surface area contributed by atoms with Crippen molar-refractivity contribution in [3.05, 3.63) is 52.5 Å². The van der Waals surface area contributed by atoms with E-state index in [9.17, 15) is 9.90 Å². The largest absolute Gasteiger partial charge is 0.504 e. The number of ether oxygens (including phenoxy) is 1. The second kappa shape index (κ2) is 7.04. The van der Waals surface area contributed by atoms with Gasteiger partial charge in [-0.05, 0) is 48.9 Å². The molecule has 3 aromatic rings. The van der Waals surface area contributed by atoms with Crippen molar-refractivity contribution in [1.29, 1.82) is 0 Å². The van der Waals surface area contributed by atoms with Gasteiger partial charge < -0.3 is 15.2 Å². The maximum absolute atomic E-state index is 12.9. The Balaban J connectivity index is 1.68. The van der Waals surface area contributed by atoms with Crippen LogP contribution in [0.25, 0.3) is 10.7 Å². The number of anilines is 1. The van der Waals surface area contributed by atoms with E-state index >= 15 is 0 Å². The van der Waals surface area contributed by atoms with Crippen LogP contribution in [-0.2, 0) is 4.79 Å². The highest BCUT2D eigenvalue weighted by atomic mass is 32.1. The molecule has 29 heavy (non-hydrogen) atoms. The average molecular weight is 408 g/mol. The number of phenolic OH excluding ortho intramolecular Hbond substituents is 1. The lowest BCUT2D eigenvalue weighted by molar-refractivity contribution is -0.116. The van der Waals surface area contributed by atoms with Gasteiger partial charge in [0, 0.05) is 17.7 Å². The predicted octanol–water partition coefficient (Wildman–Crippen LogP) is 4.13. The molecule has 2 aliphatic rings. The summed E-state index contributed by atoms with van der Waals surface area (Å²) in [7, 11) is 0. The summed E-state index contributed by atoms with van der Waals surface area (Å²) >= 11 is 1.57. The molecule has 0 saturated carbocycles. The number of nitrogens with zero attached hydrogens (tertiary/aromatic N) is 3. The van der Waals surface area contributed by atoms with Gasteiger partial charge in [-0.3, -0.25) is 4.79 Å². The zero-order valence-electron chi connectivity index (χ0n) is 15.9. The molecular weight excluding hydrogens is 388 g/mol. The van der Waals surface area contributed by atoms with E-state index in [1.54, 1.807) is 28.2 Å². The molecule has 1 aliphatic heterocycles. The number of carbonyl (C=O) groups is 1. The number of aromatic nitrogens is 3. The normalized spacial score (nSPS) is 18.2. The summed E-state index contributed by atoms with van der Waals surface area (Å²) < 4.78 is 7.35. The fourth-order valence-electron chi connectivity index (χ4n) is 3.95. The summed E-state index contributed by atoms with van der Waals surface area (Å²) in [5.41, 5.74) is 2.47. The van der Waals surface area contributed by atoms with Crippen LogP contribution in [-0.4, -0.2) is 32.3 Å². The molecule has 0 fully saturated rings. The van der Waals surface area contributed by atoms with Gasteiger partial charge in [-0.2, -0.15) is 4.98 Å². The van der Waals surface area contributed by atoms with E-state index in [4.69, 9.17) is 9.84 Å². The number of Topliss-reactive ketones (excluding diaryl/α,β-unsaturated/α-hetero) is 1. The van der Waals surface area contributed by atoms with Crippen molar-refractivity contribution in [1.82, 2.24) is 14.8 Å². The number of fused-ring (bicyclic) bond motifs is 1. The molecule has 1 aliphatic carbocycles. The number of thiophene rings is 1. The van der Waals surface area contributed by atoms with E-state index in [2.05, 4.69) is 10.3 Å². The van der Waals surface area contributed by atoms with Crippen molar-refractivity contribution in [2.45, 2.75) is 32.2 Å². The highest BCUT2D eigenvalue weighted by Gasteiger charge is 2.37. The fraction of sp³-hybridized carbons (Fsp3) is 0.286. The van der Waals surface area contributed by atoms with Gasteiger partial charge in [0.2, 0.25) is 5.95 Å². The monoisotopic (exact) mass is 408 g/mol. The summed E-state index contributed by atoms with van der Waals surface area (Å²) in [6, 6.07) is 8.75. The van der Waals surface area contributed by atoms with Gasteiger partial charge in [-0.1, -0.05) is 12.1 Å². The minimum absolute atomic E-state index is 0.0757. The molecule has 3 heterocycles. The van der Waals surface area contributed by atoms with Crippen molar-refractivity contribution in [3.63, 3.8) is 0 Å². The van der Waals surface area contributed by atoms with Crippen LogP contribution in [0.3, 0.4) is 0 Å². The minimum Gasteiger partial charge on any atom is -0.504 e. The maximum Gasteiger partial charge on any atom is 0.226 e. The van der Waals surface area contributed by atoms with Crippen molar-refractivity contribution < 1.29 is 14.6 Å². The second-order valence-electron chi connectivity index (χ2n) is 7.04. The highest BCUT2D eigenvalue weighted by molar-refractivity contribution is 7.13. The molecule has 1 atom stereocenters. The third-order valence-corrected chi connectivity index (χ3v) is 6.07. The van der Waals surface area contributed by atoms with Gasteiger partial charge >= 0.3 is 0 Å². The molecule has 0 radical (unpaired) electrons. The molecule has 2 aromatic heterocycles. The minimum atomic E-state index is -0.407. The van der Waals surface area contributed by atoms with Crippen LogP contribution in [0.2, 0.25) is 0 Å². The Morgan fingerprint density at radius 3 is 3.03 bits per heavy atom. The number of hydrogen-bond donors (Lipinski definition) is 2. The van der Waals surface area contributed by atoms with Crippen LogP contribution >= 0.6 is 11.3 Å². The Kier molecular flexibility index (Phi) is 4.35. The summed E-state index contributed by atoms with van der Waals surface area (Å²) in [5, 5.41) is 20.2. The molecule has 0 saturated heterocycles. The Morgan fingerprint density at radius 2 is 2.24 bits per heavy atom. The van der Waals surface area contributed by atoms with Gasteiger partial charge in [0.25, 0.3) is 0 Å². The summed E-state index contributed by atoms with van der Waals surface area (Å²) in [6.45, 7) is 2.30. The number of hydrogen-bond acceptors (Lipinski definition) is 7. The van der Waals surface area contributed by atoms with Crippen LogP contribution in [0.4, 0.5) is 5.95 Å². The first kappa shape index (κ1) is 17.9. The summed E-state index contributed by atoms with van der Waals surface area (Å²) in [5.74, 6) is 1.84. The maximum atomic E-state index is 12.9. The van der Waals surface area contributed by atoms with Crippen molar-refractivity contribution in [2.24, 2.45) is 0 Å². The predicted molar refractivity (Wildman–Crippen MR) is 110 cm³/mol. The van der Waals surface area contributed by atoms with Crippen LogP contribution in [0.1, 0.15) is 37.8 Å². The van der Waals surface area contributed by atoms with Gasteiger partial charge in [0.05, 0.1) is 11.5 Å². The van der Waals surface area contributed by atoms with E-state index in [0.29, 0.717) is 30.5 Å². The Labute approximate surface area is 171 Å². The average Bonchev–Trinajstić information content (AvgIpc) is 3.38. The first-order chi connectivity index (χ1) is 14.2. The lowest BCUT2D eigenvalue weighted by Crippen LogP contribution is -2.31. The van der Waals surface area contributed by atoms with Gasteiger partial charge in [0.1, 0.15) is 6.04 Å². The molecule has 0 spiro atoms. The van der Waals surface area contributed by atoms with Gasteiger partial charge in [-0.25, -0.2) is 4.68 Å². The molecule has 0 bridgehead atoms. The van der Waals surface area contributed by atoms with Crippen LogP contribution in [0.5, 0.6) is 11.5 Å². The molecule has 8 heteroatoms. The molecule has 5 rings (SSSR count). The van der Waals surface area contributed by atoms with Crippen LogP contribution in [0, 0.1) is 0 Å². The number of ketones is 1. The number of rotatable bonds is 4. The fourth-order valence-corrected chi connectivity index (χ4v) is 4.60. The molecule has 2 N–H and O–H groups in total. The smallest absolute Gasteiger partial charge is 0.226 e. The topological polar surface area (TPSA) is 89.3 Å². The van der Waals surface area contributed by atoms with Crippen molar-refractivity contribution in [3.8, 4) is 22.2 Å². The lowest BCUT2D eigenvalue weighted by atomic mass is 9.85. The zero-order valence-corrected chi connectivity index (χ0v) is 16.7. The third-order valence-electron chi connectivity index (χ3n) is 5.21. The van der Waals surface area contributed by atoms with Crippen molar-refractivity contribution in [2.75, 3.05) is 11.9 Å². The zero-order chi connectivity index (χ0) is 20.0. The van der Waals surface area contributed by atoms with E-state index in [1.807, 2.05) is 30.5 Å². The van der Waals surface area contributed by atoms with E-state index in [1.165, 1.54) is 0 Å². The number of phenols is 1. The number of carbonyl (C=O) groups excluding carboxylic acids is 1. The van der Waals surface area contributed by atoms with Crippen LogP contribution in [0.15, 0.2) is 47.0 Å². The first-order valence-corrected chi connectivity index (χ1v) is 10.5. The quantitative estimate of drug-likeness (QED) is 0.675. The van der Waals surface area contributed by atoms with Gasteiger partial charge in [-0.15, -0.1) is 16.4 Å². The Bertz CT molecular complexity index is 1120. The van der Waals surface area contributed by atoms with Crippen molar-refractivity contribution >= 4 is 23.1 Å². The van der Waals surface area contributed by atoms with Crippen LogP contribution < -0.4 is 10.1 Å². The number of benzene rings is 1. The summed E-state index contributed by atoms with van der Waals surface area (Å²) in [4.78, 5) is 18.6. The number of allylic oxidation sites excluding steroid dienone is 2. The summed E-state index contributed by atoms with van der Waals surface area (Å²) in [6.07, 6.45) is 2.15. The Hall–Kier alpha value is -3.13. The molecule has 0 amide bonds. The van der Waals surface area contributed by atoms with E-state index in [-0.39, 0.29) is 11.5 Å². The highest BCUT2D eigenvalue weighted by Crippen LogP contribution is 2.42. The lowest BCUT2D eigenvalue weighted by Gasteiger charge is -2.32. The number of nitrogens with one attached hydrogen (secondary N) is 1. The second-order valence-corrected chi connectivity index (χ2v) is 7.99. The molecular formula is C21H20N4O3S. The standard InChI is InChI=1S/C21H20N4O3S/c1-2-28-16-11-12(8-9-14(16)26)19-18-13(5-3-6-15(18)27)22-21-23-20(24-25(19)21)17-7-4-10-29-17/h4,7-11,19,26H,2-3,5-6H2,1H3,(H,22,23,24). The molecule has 148 valence electrons. The van der Waals surface area contributed by atoms with E-state index < -0.39 is 6.04 Å².